The number of methoxy groups -OCH3 is 1. The van der Waals surface area contributed by atoms with Crippen LogP contribution in [0, 0.1) is 5.92 Å². The van der Waals surface area contributed by atoms with Gasteiger partial charge >= 0.3 is 0 Å². The van der Waals surface area contributed by atoms with Crippen LogP contribution in [0.5, 0.6) is 5.75 Å². The molecular weight excluding hydrogens is 200 g/mol. The SMILES string of the molecule is COc1ccc(CC(C)C)cc1C(C)C=O. The van der Waals surface area contributed by atoms with Crippen LogP contribution >= 0.6 is 0 Å². The number of benzene rings is 1. The smallest absolute Gasteiger partial charge is 0.127 e. The second-order valence-electron chi connectivity index (χ2n) is 4.60. The summed E-state index contributed by atoms with van der Waals surface area (Å²) in [4.78, 5) is 10.9. The van der Waals surface area contributed by atoms with E-state index in [9.17, 15) is 4.79 Å². The van der Waals surface area contributed by atoms with Crippen LogP contribution in [0.15, 0.2) is 18.2 Å². The van der Waals surface area contributed by atoms with Gasteiger partial charge in [-0.05, 0) is 24.0 Å². The summed E-state index contributed by atoms with van der Waals surface area (Å²) >= 11 is 0. The minimum atomic E-state index is -0.109. The van der Waals surface area contributed by atoms with E-state index in [-0.39, 0.29) is 5.92 Å². The van der Waals surface area contributed by atoms with Gasteiger partial charge in [-0.3, -0.25) is 0 Å². The predicted molar refractivity (Wildman–Crippen MR) is 66.0 cm³/mol. The van der Waals surface area contributed by atoms with Crippen molar-refractivity contribution in [3.63, 3.8) is 0 Å². The number of hydrogen-bond acceptors (Lipinski definition) is 2. The van der Waals surface area contributed by atoms with Crippen molar-refractivity contribution in [2.75, 3.05) is 7.11 Å². The molecule has 0 N–H and O–H groups in total. The van der Waals surface area contributed by atoms with E-state index in [1.165, 1.54) is 5.56 Å². The predicted octanol–water partition coefficient (Wildman–Crippen LogP) is 3.20. The number of rotatable bonds is 5. The molecule has 0 bridgehead atoms. The number of aldehydes is 1. The maximum Gasteiger partial charge on any atom is 0.127 e. The summed E-state index contributed by atoms with van der Waals surface area (Å²) in [6.45, 7) is 6.27. The van der Waals surface area contributed by atoms with E-state index in [1.807, 2.05) is 13.0 Å². The van der Waals surface area contributed by atoms with Gasteiger partial charge in [-0.1, -0.05) is 32.9 Å². The largest absolute Gasteiger partial charge is 0.496 e. The van der Waals surface area contributed by atoms with E-state index in [4.69, 9.17) is 4.74 Å². The van der Waals surface area contributed by atoms with E-state index in [1.54, 1.807) is 7.11 Å². The minimum absolute atomic E-state index is 0.109. The van der Waals surface area contributed by atoms with Crippen molar-refractivity contribution >= 4 is 6.29 Å². The van der Waals surface area contributed by atoms with Crippen molar-refractivity contribution in [2.24, 2.45) is 5.92 Å². The topological polar surface area (TPSA) is 26.3 Å². The van der Waals surface area contributed by atoms with E-state index in [0.717, 1.165) is 24.0 Å². The number of hydrogen-bond donors (Lipinski definition) is 0. The van der Waals surface area contributed by atoms with Crippen LogP contribution in [-0.4, -0.2) is 13.4 Å². The Morgan fingerprint density at radius 3 is 2.50 bits per heavy atom. The molecule has 0 saturated carbocycles. The zero-order valence-electron chi connectivity index (χ0n) is 10.5. The van der Waals surface area contributed by atoms with Crippen molar-refractivity contribution in [2.45, 2.75) is 33.1 Å². The number of ether oxygens (including phenoxy) is 1. The van der Waals surface area contributed by atoms with Gasteiger partial charge in [0.15, 0.2) is 0 Å². The highest BCUT2D eigenvalue weighted by Gasteiger charge is 2.11. The molecule has 1 aromatic carbocycles. The fraction of sp³-hybridized carbons (Fsp3) is 0.500. The van der Waals surface area contributed by atoms with E-state index >= 15 is 0 Å². The van der Waals surface area contributed by atoms with Gasteiger partial charge in [0.2, 0.25) is 0 Å². The average Bonchev–Trinajstić information content (AvgIpc) is 2.27. The van der Waals surface area contributed by atoms with Crippen LogP contribution in [0.1, 0.15) is 37.8 Å². The first-order valence-corrected chi connectivity index (χ1v) is 5.70. The Labute approximate surface area is 97.6 Å². The summed E-state index contributed by atoms with van der Waals surface area (Å²) in [5.74, 6) is 1.31. The Kier molecular flexibility index (Phi) is 4.53. The zero-order chi connectivity index (χ0) is 12.1. The highest BCUT2D eigenvalue weighted by Crippen LogP contribution is 2.27. The second kappa shape index (κ2) is 5.69. The molecule has 2 heteroatoms. The molecular formula is C14H20O2. The molecule has 88 valence electrons. The lowest BCUT2D eigenvalue weighted by Crippen LogP contribution is -2.01. The van der Waals surface area contributed by atoms with E-state index < -0.39 is 0 Å². The average molecular weight is 220 g/mol. The van der Waals surface area contributed by atoms with Crippen LogP contribution in [0.4, 0.5) is 0 Å². The van der Waals surface area contributed by atoms with Crippen molar-refractivity contribution in [1.29, 1.82) is 0 Å². The van der Waals surface area contributed by atoms with Crippen molar-refractivity contribution < 1.29 is 9.53 Å². The van der Waals surface area contributed by atoms with Crippen molar-refractivity contribution in [3.8, 4) is 5.75 Å². The lowest BCUT2D eigenvalue weighted by Gasteiger charge is -2.13. The van der Waals surface area contributed by atoms with Crippen LogP contribution in [0.2, 0.25) is 0 Å². The zero-order valence-corrected chi connectivity index (χ0v) is 10.5. The van der Waals surface area contributed by atoms with Crippen LogP contribution in [-0.2, 0) is 11.2 Å². The molecule has 0 aromatic heterocycles. The molecule has 0 heterocycles. The molecule has 0 radical (unpaired) electrons. The third-order valence-electron chi connectivity index (χ3n) is 2.63. The molecule has 0 aliphatic heterocycles. The van der Waals surface area contributed by atoms with Gasteiger partial charge in [0.25, 0.3) is 0 Å². The Hall–Kier alpha value is -1.31. The number of carbonyl (C=O) groups is 1. The highest BCUT2D eigenvalue weighted by molar-refractivity contribution is 5.64. The molecule has 0 aliphatic rings. The van der Waals surface area contributed by atoms with Gasteiger partial charge in [-0.25, -0.2) is 0 Å². The quantitative estimate of drug-likeness (QED) is 0.712. The lowest BCUT2D eigenvalue weighted by atomic mass is 9.95. The van der Waals surface area contributed by atoms with Gasteiger partial charge in [0.05, 0.1) is 7.11 Å². The maximum atomic E-state index is 10.9. The van der Waals surface area contributed by atoms with Gasteiger partial charge in [-0.2, -0.15) is 0 Å². The van der Waals surface area contributed by atoms with Gasteiger partial charge in [0, 0.05) is 11.5 Å². The molecule has 16 heavy (non-hydrogen) atoms. The summed E-state index contributed by atoms with van der Waals surface area (Å²) in [7, 11) is 1.64. The van der Waals surface area contributed by atoms with Crippen molar-refractivity contribution in [3.05, 3.63) is 29.3 Å². The number of carbonyl (C=O) groups excluding carboxylic acids is 1. The molecule has 2 nitrogen and oxygen atoms in total. The Morgan fingerprint density at radius 2 is 2.00 bits per heavy atom. The summed E-state index contributed by atoms with van der Waals surface area (Å²) in [6.07, 6.45) is 1.99. The molecule has 0 saturated heterocycles. The second-order valence-corrected chi connectivity index (χ2v) is 4.60. The van der Waals surface area contributed by atoms with Gasteiger partial charge in [0.1, 0.15) is 12.0 Å². The Balaban J connectivity index is 3.05. The third-order valence-corrected chi connectivity index (χ3v) is 2.63. The first kappa shape index (κ1) is 12.8. The highest BCUT2D eigenvalue weighted by atomic mass is 16.5. The monoisotopic (exact) mass is 220 g/mol. The normalized spacial score (nSPS) is 12.6. The first-order chi connectivity index (χ1) is 7.58. The standard InChI is InChI=1S/C14H20O2/c1-10(2)7-12-5-6-14(16-4)13(8-12)11(3)9-15/h5-6,8-11H,7H2,1-4H3. The molecule has 0 amide bonds. The fourth-order valence-corrected chi connectivity index (χ4v) is 1.81. The lowest BCUT2D eigenvalue weighted by molar-refractivity contribution is -0.108. The Morgan fingerprint density at radius 1 is 1.31 bits per heavy atom. The molecule has 0 fully saturated rings. The molecule has 0 spiro atoms. The van der Waals surface area contributed by atoms with Crippen LogP contribution in [0.25, 0.3) is 0 Å². The van der Waals surface area contributed by atoms with E-state index in [0.29, 0.717) is 5.92 Å². The minimum Gasteiger partial charge on any atom is -0.496 e. The van der Waals surface area contributed by atoms with Crippen LogP contribution in [0.3, 0.4) is 0 Å². The van der Waals surface area contributed by atoms with Gasteiger partial charge in [-0.15, -0.1) is 0 Å². The molecule has 0 aliphatic carbocycles. The third kappa shape index (κ3) is 3.09. The maximum absolute atomic E-state index is 10.9. The summed E-state index contributed by atoms with van der Waals surface area (Å²) in [6, 6.07) is 6.10. The van der Waals surface area contributed by atoms with Crippen molar-refractivity contribution in [1.82, 2.24) is 0 Å². The fourth-order valence-electron chi connectivity index (χ4n) is 1.81. The molecule has 1 aromatic rings. The summed E-state index contributed by atoms with van der Waals surface area (Å²) < 4.78 is 5.27. The summed E-state index contributed by atoms with van der Waals surface area (Å²) in [5.41, 5.74) is 2.25. The molecule has 1 unspecified atom stereocenters. The van der Waals surface area contributed by atoms with E-state index in [2.05, 4.69) is 26.0 Å². The summed E-state index contributed by atoms with van der Waals surface area (Å²) in [5, 5.41) is 0. The molecule has 1 rings (SSSR count). The first-order valence-electron chi connectivity index (χ1n) is 5.70. The van der Waals surface area contributed by atoms with Crippen LogP contribution < -0.4 is 4.74 Å². The van der Waals surface area contributed by atoms with Gasteiger partial charge < -0.3 is 9.53 Å². The molecule has 1 atom stereocenters. The Bertz CT molecular complexity index is 356.